The van der Waals surface area contributed by atoms with Crippen molar-refractivity contribution < 1.29 is 23.1 Å². The van der Waals surface area contributed by atoms with Gasteiger partial charge in [-0.25, -0.2) is 13.2 Å². The van der Waals surface area contributed by atoms with Crippen LogP contribution in [0.1, 0.15) is 62.8 Å². The maximum atomic E-state index is 13.4. The fourth-order valence-electron chi connectivity index (χ4n) is 4.57. The number of rotatable bonds is 3. The number of carboxylic acid groups (broad SMARTS) is 1. The van der Waals surface area contributed by atoms with Crippen molar-refractivity contribution in [3.63, 3.8) is 0 Å². The van der Waals surface area contributed by atoms with Crippen molar-refractivity contribution >= 4 is 5.97 Å². The second kappa shape index (κ2) is 7.16. The minimum Gasteiger partial charge on any atom is -0.481 e. The molecule has 24 heavy (non-hydrogen) atoms. The van der Waals surface area contributed by atoms with E-state index in [1.807, 2.05) is 0 Å². The van der Waals surface area contributed by atoms with E-state index in [0.29, 0.717) is 17.4 Å². The van der Waals surface area contributed by atoms with Crippen LogP contribution in [0.4, 0.5) is 13.2 Å². The lowest BCUT2D eigenvalue weighted by molar-refractivity contribution is -0.143. The molecule has 2 nitrogen and oxygen atoms in total. The third-order valence-corrected chi connectivity index (χ3v) is 6.04. The topological polar surface area (TPSA) is 37.3 Å². The average Bonchev–Trinajstić information content (AvgIpc) is 2.59. The highest BCUT2D eigenvalue weighted by atomic mass is 19.2. The van der Waals surface area contributed by atoms with Gasteiger partial charge in [-0.05, 0) is 86.8 Å². The Morgan fingerprint density at radius 3 is 1.75 bits per heavy atom. The van der Waals surface area contributed by atoms with Gasteiger partial charge in [-0.1, -0.05) is 0 Å². The van der Waals surface area contributed by atoms with Crippen molar-refractivity contribution in [3.05, 3.63) is 35.1 Å². The molecular weight excluding hydrogens is 317 g/mol. The van der Waals surface area contributed by atoms with Gasteiger partial charge in [0.1, 0.15) is 0 Å². The molecular formula is C19H23F3O2. The number of hydrogen-bond acceptors (Lipinski definition) is 1. The number of carboxylic acids is 1. The molecule has 0 heterocycles. The van der Waals surface area contributed by atoms with Crippen LogP contribution in [0.5, 0.6) is 0 Å². The van der Waals surface area contributed by atoms with Gasteiger partial charge in [-0.3, -0.25) is 4.79 Å². The van der Waals surface area contributed by atoms with Crippen LogP contribution in [0, 0.1) is 35.2 Å². The lowest BCUT2D eigenvalue weighted by atomic mass is 9.68. The maximum Gasteiger partial charge on any atom is 0.306 e. The predicted molar refractivity (Wildman–Crippen MR) is 84.1 cm³/mol. The Labute approximate surface area is 140 Å². The van der Waals surface area contributed by atoms with Gasteiger partial charge in [0.15, 0.2) is 17.5 Å². The molecule has 132 valence electrons. The summed E-state index contributed by atoms with van der Waals surface area (Å²) in [5.74, 6) is -3.27. The molecule has 2 saturated carbocycles. The number of hydrogen-bond donors (Lipinski definition) is 1. The first-order valence-electron chi connectivity index (χ1n) is 8.83. The van der Waals surface area contributed by atoms with Crippen LogP contribution < -0.4 is 0 Å². The number of benzene rings is 1. The van der Waals surface area contributed by atoms with Crippen molar-refractivity contribution in [2.24, 2.45) is 17.8 Å². The Morgan fingerprint density at radius 2 is 1.29 bits per heavy atom. The lowest BCUT2D eigenvalue weighted by Crippen LogP contribution is -2.28. The third-order valence-electron chi connectivity index (χ3n) is 6.04. The quantitative estimate of drug-likeness (QED) is 0.761. The first kappa shape index (κ1) is 17.3. The summed E-state index contributed by atoms with van der Waals surface area (Å²) in [6.07, 6.45) is 7.14. The van der Waals surface area contributed by atoms with E-state index in [2.05, 4.69) is 0 Å². The van der Waals surface area contributed by atoms with E-state index < -0.39 is 23.4 Å². The van der Waals surface area contributed by atoms with E-state index in [1.54, 1.807) is 0 Å². The Bertz CT molecular complexity index is 578. The van der Waals surface area contributed by atoms with E-state index in [9.17, 15) is 18.0 Å². The smallest absolute Gasteiger partial charge is 0.306 e. The summed E-state index contributed by atoms with van der Waals surface area (Å²) >= 11 is 0. The number of carbonyl (C=O) groups is 1. The van der Waals surface area contributed by atoms with E-state index in [4.69, 9.17) is 5.11 Å². The van der Waals surface area contributed by atoms with E-state index in [-0.39, 0.29) is 11.8 Å². The van der Waals surface area contributed by atoms with Crippen LogP contribution in [0.3, 0.4) is 0 Å². The summed E-state index contributed by atoms with van der Waals surface area (Å²) in [7, 11) is 0. The van der Waals surface area contributed by atoms with E-state index >= 15 is 0 Å². The van der Waals surface area contributed by atoms with Gasteiger partial charge < -0.3 is 5.11 Å². The zero-order chi connectivity index (χ0) is 17.3. The molecule has 0 saturated heterocycles. The minimum absolute atomic E-state index is 0.0845. The molecule has 0 radical (unpaired) electrons. The molecule has 1 N–H and O–H groups in total. The highest BCUT2D eigenvalue weighted by molar-refractivity contribution is 5.69. The van der Waals surface area contributed by atoms with Gasteiger partial charge in [0, 0.05) is 0 Å². The molecule has 0 unspecified atom stereocenters. The highest BCUT2D eigenvalue weighted by Gasteiger charge is 2.33. The molecule has 3 rings (SSSR count). The molecule has 0 spiro atoms. The highest BCUT2D eigenvalue weighted by Crippen LogP contribution is 2.44. The van der Waals surface area contributed by atoms with Gasteiger partial charge in [0.25, 0.3) is 0 Å². The Hall–Kier alpha value is -1.52. The standard InChI is InChI=1S/C19H23F3O2/c20-16-9-15(10-17(21)18(16)22)13-3-1-11(2-4-13)12-5-7-14(8-6-12)19(23)24/h9-14H,1-8H2,(H,23,24). The van der Waals surface area contributed by atoms with Gasteiger partial charge >= 0.3 is 5.97 Å². The van der Waals surface area contributed by atoms with Crippen molar-refractivity contribution in [1.82, 2.24) is 0 Å². The van der Waals surface area contributed by atoms with Crippen molar-refractivity contribution in [1.29, 1.82) is 0 Å². The molecule has 2 aliphatic rings. The molecule has 5 heteroatoms. The summed E-state index contributed by atoms with van der Waals surface area (Å²) in [6, 6.07) is 2.25. The maximum absolute atomic E-state index is 13.4. The van der Waals surface area contributed by atoms with Crippen LogP contribution in [-0.2, 0) is 4.79 Å². The zero-order valence-corrected chi connectivity index (χ0v) is 13.6. The molecule has 1 aromatic rings. The summed E-state index contributed by atoms with van der Waals surface area (Å²) < 4.78 is 39.9. The third kappa shape index (κ3) is 3.60. The predicted octanol–water partition coefficient (Wildman–Crippen LogP) is 5.27. The molecule has 1 aromatic carbocycles. The van der Waals surface area contributed by atoms with Gasteiger partial charge in [0.2, 0.25) is 0 Å². The van der Waals surface area contributed by atoms with E-state index in [0.717, 1.165) is 63.5 Å². The molecule has 0 aliphatic heterocycles. The van der Waals surface area contributed by atoms with E-state index in [1.165, 1.54) is 0 Å². The SMILES string of the molecule is O=C(O)C1CCC(C2CCC(c3cc(F)c(F)c(F)c3)CC2)CC1. The fraction of sp³-hybridized carbons (Fsp3) is 0.632. The zero-order valence-electron chi connectivity index (χ0n) is 13.6. The normalized spacial score (nSPS) is 31.0. The van der Waals surface area contributed by atoms with Gasteiger partial charge in [0.05, 0.1) is 5.92 Å². The summed E-state index contributed by atoms with van der Waals surface area (Å²) in [4.78, 5) is 11.0. The average molecular weight is 340 g/mol. The minimum atomic E-state index is -1.40. The molecule has 0 bridgehead atoms. The summed E-state index contributed by atoms with van der Waals surface area (Å²) in [6.45, 7) is 0. The monoisotopic (exact) mass is 340 g/mol. The first-order valence-corrected chi connectivity index (χ1v) is 8.83. The first-order chi connectivity index (χ1) is 11.5. The molecule has 0 amide bonds. The lowest BCUT2D eigenvalue weighted by Gasteiger charge is -2.37. The van der Waals surface area contributed by atoms with Crippen LogP contribution in [0.25, 0.3) is 0 Å². The van der Waals surface area contributed by atoms with Crippen LogP contribution in [-0.4, -0.2) is 11.1 Å². The second-order valence-corrected chi connectivity index (χ2v) is 7.36. The summed E-state index contributed by atoms with van der Waals surface area (Å²) in [5.41, 5.74) is 0.555. The largest absolute Gasteiger partial charge is 0.481 e. The Kier molecular flexibility index (Phi) is 5.16. The van der Waals surface area contributed by atoms with Crippen LogP contribution >= 0.6 is 0 Å². The van der Waals surface area contributed by atoms with Crippen LogP contribution in [0.15, 0.2) is 12.1 Å². The Morgan fingerprint density at radius 1 is 0.833 bits per heavy atom. The van der Waals surface area contributed by atoms with Crippen molar-refractivity contribution in [2.45, 2.75) is 57.3 Å². The molecule has 2 fully saturated rings. The molecule has 0 aromatic heterocycles. The van der Waals surface area contributed by atoms with Crippen molar-refractivity contribution in [2.75, 3.05) is 0 Å². The fourth-order valence-corrected chi connectivity index (χ4v) is 4.57. The number of halogens is 3. The number of aliphatic carboxylic acids is 1. The second-order valence-electron chi connectivity index (χ2n) is 7.36. The Balaban J connectivity index is 1.56. The van der Waals surface area contributed by atoms with Gasteiger partial charge in [-0.2, -0.15) is 0 Å². The van der Waals surface area contributed by atoms with Crippen LogP contribution in [0.2, 0.25) is 0 Å². The summed E-state index contributed by atoms with van der Waals surface area (Å²) in [5, 5.41) is 9.07. The van der Waals surface area contributed by atoms with Crippen molar-refractivity contribution in [3.8, 4) is 0 Å². The van der Waals surface area contributed by atoms with Gasteiger partial charge in [-0.15, -0.1) is 0 Å². The molecule has 2 aliphatic carbocycles. The molecule has 0 atom stereocenters.